The Hall–Kier alpha value is -2.05. The molecule has 0 radical (unpaired) electrons. The van der Waals surface area contributed by atoms with Crippen molar-refractivity contribution in [2.45, 2.75) is 25.2 Å². The normalized spacial score (nSPS) is 15.8. The van der Waals surface area contributed by atoms with E-state index in [1.54, 1.807) is 24.3 Å². The van der Waals surface area contributed by atoms with Crippen LogP contribution in [-0.2, 0) is 10.0 Å². The summed E-state index contributed by atoms with van der Waals surface area (Å²) in [5.74, 6) is 0. The van der Waals surface area contributed by atoms with Crippen LogP contribution in [0.1, 0.15) is 18.9 Å². The molecule has 0 atom stereocenters. The van der Waals surface area contributed by atoms with Crippen molar-refractivity contribution >= 4 is 21.4 Å². The van der Waals surface area contributed by atoms with E-state index in [0.717, 1.165) is 44.0 Å². The molecule has 0 amide bonds. The second-order valence-electron chi connectivity index (χ2n) is 6.79. The Bertz CT molecular complexity index is 809. The summed E-state index contributed by atoms with van der Waals surface area (Å²) in [6, 6.07) is 14.5. The van der Waals surface area contributed by atoms with Gasteiger partial charge in [0.2, 0.25) is 0 Å². The monoisotopic (exact) mass is 373 g/mol. The average molecular weight is 374 g/mol. The van der Waals surface area contributed by atoms with Crippen LogP contribution in [0.3, 0.4) is 0 Å². The van der Waals surface area contributed by atoms with Crippen LogP contribution in [0.25, 0.3) is 0 Å². The fourth-order valence-corrected chi connectivity index (χ4v) is 4.28. The lowest BCUT2D eigenvalue weighted by Crippen LogP contribution is -2.46. The first kappa shape index (κ1) is 18.7. The maximum absolute atomic E-state index is 12.5. The maximum Gasteiger partial charge on any atom is 0.261 e. The number of sulfonamides is 1. The Morgan fingerprint density at radius 3 is 2.12 bits per heavy atom. The SMILES string of the molecule is CCCN1CCN(c2ccc(NS(=O)(=O)c3ccc(C)cc3)cc2)CC1. The highest BCUT2D eigenvalue weighted by atomic mass is 32.2. The molecule has 2 aromatic rings. The number of hydrogen-bond acceptors (Lipinski definition) is 4. The van der Waals surface area contributed by atoms with Crippen LogP contribution in [-0.4, -0.2) is 46.0 Å². The van der Waals surface area contributed by atoms with Gasteiger partial charge in [0.05, 0.1) is 4.90 Å². The number of piperazine rings is 1. The zero-order chi connectivity index (χ0) is 18.6. The predicted molar refractivity (Wildman–Crippen MR) is 107 cm³/mol. The average Bonchev–Trinajstić information content (AvgIpc) is 2.63. The van der Waals surface area contributed by atoms with E-state index >= 15 is 0 Å². The van der Waals surface area contributed by atoms with Gasteiger partial charge < -0.3 is 4.90 Å². The van der Waals surface area contributed by atoms with Crippen LogP contribution < -0.4 is 9.62 Å². The minimum absolute atomic E-state index is 0.277. The minimum Gasteiger partial charge on any atom is -0.369 e. The molecule has 5 nitrogen and oxygen atoms in total. The molecule has 2 aromatic carbocycles. The highest BCUT2D eigenvalue weighted by molar-refractivity contribution is 7.92. The second-order valence-corrected chi connectivity index (χ2v) is 8.48. The van der Waals surface area contributed by atoms with Gasteiger partial charge in [-0.15, -0.1) is 0 Å². The topological polar surface area (TPSA) is 52.6 Å². The summed E-state index contributed by atoms with van der Waals surface area (Å²) in [6.45, 7) is 9.48. The van der Waals surface area contributed by atoms with Crippen LogP contribution >= 0.6 is 0 Å². The number of aryl methyl sites for hydroxylation is 1. The van der Waals surface area contributed by atoms with Crippen molar-refractivity contribution in [2.75, 3.05) is 42.3 Å². The van der Waals surface area contributed by atoms with Gasteiger partial charge in [0.15, 0.2) is 0 Å². The summed E-state index contributed by atoms with van der Waals surface area (Å²) >= 11 is 0. The molecule has 26 heavy (non-hydrogen) atoms. The molecule has 140 valence electrons. The lowest BCUT2D eigenvalue weighted by molar-refractivity contribution is 0.258. The van der Waals surface area contributed by atoms with E-state index in [-0.39, 0.29) is 4.90 Å². The molecule has 1 N–H and O–H groups in total. The van der Waals surface area contributed by atoms with Gasteiger partial charge in [-0.3, -0.25) is 9.62 Å². The van der Waals surface area contributed by atoms with Crippen LogP contribution in [0.5, 0.6) is 0 Å². The number of hydrogen-bond donors (Lipinski definition) is 1. The highest BCUT2D eigenvalue weighted by Crippen LogP contribution is 2.22. The molecule has 1 aliphatic heterocycles. The Kier molecular flexibility index (Phi) is 5.84. The van der Waals surface area contributed by atoms with Crippen LogP contribution in [0, 0.1) is 6.92 Å². The summed E-state index contributed by atoms with van der Waals surface area (Å²) in [5, 5.41) is 0. The van der Waals surface area contributed by atoms with Crippen molar-refractivity contribution in [1.82, 2.24) is 4.90 Å². The van der Waals surface area contributed by atoms with E-state index in [1.807, 2.05) is 31.2 Å². The van der Waals surface area contributed by atoms with E-state index in [0.29, 0.717) is 5.69 Å². The summed E-state index contributed by atoms with van der Waals surface area (Å²) in [7, 11) is -3.55. The van der Waals surface area contributed by atoms with E-state index < -0.39 is 10.0 Å². The highest BCUT2D eigenvalue weighted by Gasteiger charge is 2.17. The largest absolute Gasteiger partial charge is 0.369 e. The molecule has 0 unspecified atom stereocenters. The molecular formula is C20H27N3O2S. The molecule has 0 spiro atoms. The summed E-state index contributed by atoms with van der Waals surface area (Å²) in [6.07, 6.45) is 1.19. The van der Waals surface area contributed by atoms with Gasteiger partial charge in [-0.1, -0.05) is 24.6 Å². The first-order valence-electron chi connectivity index (χ1n) is 9.15. The van der Waals surface area contributed by atoms with Crippen LogP contribution in [0.4, 0.5) is 11.4 Å². The zero-order valence-electron chi connectivity index (χ0n) is 15.5. The summed E-state index contributed by atoms with van der Waals surface area (Å²) in [4.78, 5) is 5.12. The van der Waals surface area contributed by atoms with Gasteiger partial charge in [0.25, 0.3) is 10.0 Å². The molecule has 0 saturated carbocycles. The van der Waals surface area contributed by atoms with E-state index in [2.05, 4.69) is 21.4 Å². The van der Waals surface area contributed by atoms with Crippen molar-refractivity contribution < 1.29 is 8.42 Å². The van der Waals surface area contributed by atoms with E-state index in [4.69, 9.17) is 0 Å². The third-order valence-electron chi connectivity index (χ3n) is 4.73. The molecule has 1 heterocycles. The second kappa shape index (κ2) is 8.10. The summed E-state index contributed by atoms with van der Waals surface area (Å²) < 4.78 is 27.6. The molecule has 1 aliphatic rings. The standard InChI is InChI=1S/C20H27N3O2S/c1-3-12-22-13-15-23(16-14-22)19-8-6-18(7-9-19)21-26(24,25)20-10-4-17(2)5-11-20/h4-11,21H,3,12-16H2,1-2H3. The predicted octanol–water partition coefficient (Wildman–Crippen LogP) is 3.33. The quantitative estimate of drug-likeness (QED) is 0.844. The van der Waals surface area contributed by atoms with Gasteiger partial charge in [-0.05, 0) is 56.3 Å². The molecule has 6 heteroatoms. The first-order chi connectivity index (χ1) is 12.5. The molecular weight excluding hydrogens is 346 g/mol. The molecule has 0 aromatic heterocycles. The van der Waals surface area contributed by atoms with Crippen molar-refractivity contribution in [3.05, 3.63) is 54.1 Å². The van der Waals surface area contributed by atoms with Crippen molar-refractivity contribution in [2.24, 2.45) is 0 Å². The molecule has 3 rings (SSSR count). The van der Waals surface area contributed by atoms with E-state index in [9.17, 15) is 8.42 Å². The van der Waals surface area contributed by atoms with Crippen LogP contribution in [0.15, 0.2) is 53.4 Å². The lowest BCUT2D eigenvalue weighted by atomic mass is 10.2. The van der Waals surface area contributed by atoms with Gasteiger partial charge >= 0.3 is 0 Å². The Morgan fingerprint density at radius 1 is 0.923 bits per heavy atom. The first-order valence-corrected chi connectivity index (χ1v) is 10.6. The van der Waals surface area contributed by atoms with Gasteiger partial charge in [-0.2, -0.15) is 0 Å². The number of nitrogens with one attached hydrogen (secondary N) is 1. The number of rotatable bonds is 6. The van der Waals surface area contributed by atoms with Gasteiger partial charge in [-0.25, -0.2) is 8.42 Å². The smallest absolute Gasteiger partial charge is 0.261 e. The summed E-state index contributed by atoms with van der Waals surface area (Å²) in [5.41, 5.74) is 2.76. The number of nitrogens with zero attached hydrogens (tertiary/aromatic N) is 2. The Balaban J connectivity index is 1.64. The van der Waals surface area contributed by atoms with Crippen molar-refractivity contribution in [3.8, 4) is 0 Å². The van der Waals surface area contributed by atoms with Gasteiger partial charge in [0, 0.05) is 37.6 Å². The molecule has 1 fully saturated rings. The third kappa shape index (κ3) is 4.56. The van der Waals surface area contributed by atoms with Crippen molar-refractivity contribution in [3.63, 3.8) is 0 Å². The molecule has 0 bridgehead atoms. The Morgan fingerprint density at radius 2 is 1.54 bits per heavy atom. The maximum atomic E-state index is 12.5. The van der Waals surface area contributed by atoms with E-state index in [1.165, 1.54) is 6.42 Å². The number of benzene rings is 2. The minimum atomic E-state index is -3.55. The number of anilines is 2. The lowest BCUT2D eigenvalue weighted by Gasteiger charge is -2.36. The fraction of sp³-hybridized carbons (Fsp3) is 0.400. The third-order valence-corrected chi connectivity index (χ3v) is 6.13. The zero-order valence-corrected chi connectivity index (χ0v) is 16.3. The van der Waals surface area contributed by atoms with Crippen molar-refractivity contribution in [1.29, 1.82) is 0 Å². The fourth-order valence-electron chi connectivity index (χ4n) is 3.22. The van der Waals surface area contributed by atoms with Gasteiger partial charge in [0.1, 0.15) is 0 Å². The van der Waals surface area contributed by atoms with Crippen LogP contribution in [0.2, 0.25) is 0 Å². The Labute approximate surface area is 156 Å². The molecule has 1 saturated heterocycles. The molecule has 0 aliphatic carbocycles.